The summed E-state index contributed by atoms with van der Waals surface area (Å²) in [6.45, 7) is 19.8. The minimum Gasteiger partial charge on any atom is -0.352 e. The molecule has 1 heterocycles. The van der Waals surface area contributed by atoms with Crippen LogP contribution >= 0.6 is 0 Å². The van der Waals surface area contributed by atoms with E-state index < -0.39 is 0 Å². The monoisotopic (exact) mass is 480 g/mol. The highest BCUT2D eigenvalue weighted by Crippen LogP contribution is 2.23. The van der Waals surface area contributed by atoms with Gasteiger partial charge >= 0.3 is 0 Å². The van der Waals surface area contributed by atoms with E-state index in [1.165, 1.54) is 5.57 Å². The van der Waals surface area contributed by atoms with E-state index in [-0.39, 0.29) is 5.56 Å². The van der Waals surface area contributed by atoms with E-state index >= 15 is 0 Å². The van der Waals surface area contributed by atoms with Crippen LogP contribution in [0.2, 0.25) is 0 Å². The number of allylic oxidation sites excluding steroid dienone is 7. The van der Waals surface area contributed by atoms with Crippen molar-refractivity contribution < 1.29 is 0 Å². The summed E-state index contributed by atoms with van der Waals surface area (Å²) in [5.41, 5.74) is 3.23. The van der Waals surface area contributed by atoms with Gasteiger partial charge in [-0.3, -0.25) is 9.36 Å². The maximum atomic E-state index is 13.7. The standard InChI is InChI=1S/C30H48N4O/c1-9-17-25(7)20-15-16-21-27-28(33(14-6)24-26(18-10-2)19-11-3)31-30(32(8)29(27)35)34(22-12-4)23-13-5/h10-11,15,17-20H,2,9,12-14,16,21-24H2,1,3-8H3/b19-11-,20-15-,25-17-,26-18+. The molecule has 0 saturated heterocycles. The molecule has 0 aliphatic rings. The molecule has 0 saturated carbocycles. The van der Waals surface area contributed by atoms with Crippen LogP contribution in [-0.4, -0.2) is 35.7 Å². The van der Waals surface area contributed by atoms with Gasteiger partial charge in [0.15, 0.2) is 0 Å². The van der Waals surface area contributed by atoms with Crippen molar-refractivity contribution in [2.24, 2.45) is 7.05 Å². The number of likely N-dealkylation sites (N-methyl/N-ethyl adjacent to an activating group) is 1. The van der Waals surface area contributed by atoms with Crippen LogP contribution in [0.5, 0.6) is 0 Å². The minimum absolute atomic E-state index is 0.0511. The summed E-state index contributed by atoms with van der Waals surface area (Å²) in [6.07, 6.45) is 19.0. The fourth-order valence-corrected chi connectivity index (χ4v) is 4.21. The molecule has 35 heavy (non-hydrogen) atoms. The summed E-state index contributed by atoms with van der Waals surface area (Å²) in [5, 5.41) is 0. The molecule has 5 heteroatoms. The van der Waals surface area contributed by atoms with Gasteiger partial charge in [0, 0.05) is 33.2 Å². The number of rotatable bonds is 16. The van der Waals surface area contributed by atoms with E-state index in [4.69, 9.17) is 4.98 Å². The van der Waals surface area contributed by atoms with E-state index in [2.05, 4.69) is 75.3 Å². The Morgan fingerprint density at radius 3 is 2.31 bits per heavy atom. The zero-order chi connectivity index (χ0) is 26.2. The van der Waals surface area contributed by atoms with Crippen molar-refractivity contribution in [3.05, 3.63) is 76.2 Å². The van der Waals surface area contributed by atoms with E-state index in [9.17, 15) is 4.79 Å². The number of hydrogen-bond donors (Lipinski definition) is 0. The van der Waals surface area contributed by atoms with Gasteiger partial charge in [0.1, 0.15) is 5.82 Å². The summed E-state index contributed by atoms with van der Waals surface area (Å²) in [5.74, 6) is 1.56. The van der Waals surface area contributed by atoms with Crippen LogP contribution in [0, 0.1) is 0 Å². The highest BCUT2D eigenvalue weighted by atomic mass is 16.1. The molecule has 1 aromatic rings. The Morgan fingerprint density at radius 1 is 1.09 bits per heavy atom. The van der Waals surface area contributed by atoms with E-state index in [1.54, 1.807) is 4.57 Å². The second-order valence-electron chi connectivity index (χ2n) is 8.85. The Hall–Kier alpha value is -2.82. The molecule has 194 valence electrons. The third-order valence-corrected chi connectivity index (χ3v) is 5.84. The topological polar surface area (TPSA) is 41.4 Å². The van der Waals surface area contributed by atoms with Gasteiger partial charge in [-0.15, -0.1) is 0 Å². The third-order valence-electron chi connectivity index (χ3n) is 5.84. The number of anilines is 2. The van der Waals surface area contributed by atoms with Crippen molar-refractivity contribution in [2.75, 3.05) is 36.0 Å². The number of hydrogen-bond acceptors (Lipinski definition) is 4. The summed E-state index contributed by atoms with van der Waals surface area (Å²) < 4.78 is 1.75. The third kappa shape index (κ3) is 9.39. The normalized spacial score (nSPS) is 12.7. The van der Waals surface area contributed by atoms with Gasteiger partial charge in [0.25, 0.3) is 5.56 Å². The van der Waals surface area contributed by atoms with Crippen molar-refractivity contribution in [3.8, 4) is 0 Å². The van der Waals surface area contributed by atoms with Gasteiger partial charge in [-0.1, -0.05) is 75.5 Å². The highest BCUT2D eigenvalue weighted by molar-refractivity contribution is 5.53. The Labute approximate surface area is 214 Å². The predicted octanol–water partition coefficient (Wildman–Crippen LogP) is 6.77. The molecule has 0 amide bonds. The minimum atomic E-state index is 0.0511. The van der Waals surface area contributed by atoms with Crippen molar-refractivity contribution in [3.63, 3.8) is 0 Å². The molecule has 0 bridgehead atoms. The second-order valence-corrected chi connectivity index (χ2v) is 8.85. The lowest BCUT2D eigenvalue weighted by Gasteiger charge is -2.30. The fourth-order valence-electron chi connectivity index (χ4n) is 4.21. The molecule has 5 nitrogen and oxygen atoms in total. The molecule has 0 aliphatic heterocycles. The zero-order valence-electron chi connectivity index (χ0n) is 23.3. The summed E-state index contributed by atoms with van der Waals surface area (Å²) in [6, 6.07) is 0. The quantitative estimate of drug-likeness (QED) is 0.245. The largest absolute Gasteiger partial charge is 0.352 e. The average Bonchev–Trinajstić information content (AvgIpc) is 2.83. The van der Waals surface area contributed by atoms with E-state index in [0.29, 0.717) is 13.0 Å². The van der Waals surface area contributed by atoms with E-state index in [0.717, 1.165) is 68.2 Å². The maximum Gasteiger partial charge on any atom is 0.259 e. The number of nitrogens with zero attached hydrogens (tertiary/aromatic N) is 4. The lowest BCUT2D eigenvalue weighted by Crippen LogP contribution is -2.37. The smallest absolute Gasteiger partial charge is 0.259 e. The second kappa shape index (κ2) is 16.7. The SMILES string of the molecule is C=C/C=C(\C=C/C)CN(CC)c1nc(N(CCC)CCC)n(C)c(=O)c1CC/C=C\C(C)=C/CC. The number of aromatic nitrogens is 2. The Balaban J connectivity index is 3.59. The molecule has 0 aromatic carbocycles. The molecule has 0 fully saturated rings. The maximum absolute atomic E-state index is 13.7. The molecular formula is C30H48N4O. The first-order valence-electron chi connectivity index (χ1n) is 13.3. The van der Waals surface area contributed by atoms with Crippen LogP contribution in [0.15, 0.2) is 65.1 Å². The lowest BCUT2D eigenvalue weighted by atomic mass is 10.1. The average molecular weight is 481 g/mol. The molecule has 0 radical (unpaired) electrons. The molecule has 0 N–H and O–H groups in total. The fraction of sp³-hybridized carbons (Fsp3) is 0.533. The predicted molar refractivity (Wildman–Crippen MR) is 155 cm³/mol. The summed E-state index contributed by atoms with van der Waals surface area (Å²) in [7, 11) is 1.86. The van der Waals surface area contributed by atoms with Gasteiger partial charge in [-0.05, 0) is 58.4 Å². The Morgan fingerprint density at radius 2 is 1.77 bits per heavy atom. The molecule has 1 aromatic heterocycles. The summed E-state index contributed by atoms with van der Waals surface area (Å²) >= 11 is 0. The van der Waals surface area contributed by atoms with Crippen molar-refractivity contribution >= 4 is 11.8 Å². The van der Waals surface area contributed by atoms with Gasteiger partial charge in [-0.25, -0.2) is 0 Å². The lowest BCUT2D eigenvalue weighted by molar-refractivity contribution is 0.669. The molecule has 0 spiro atoms. The van der Waals surface area contributed by atoms with Crippen LogP contribution in [0.3, 0.4) is 0 Å². The van der Waals surface area contributed by atoms with Crippen molar-refractivity contribution in [1.29, 1.82) is 0 Å². The van der Waals surface area contributed by atoms with Gasteiger partial charge < -0.3 is 9.80 Å². The first-order valence-corrected chi connectivity index (χ1v) is 13.3. The molecular weight excluding hydrogens is 432 g/mol. The van der Waals surface area contributed by atoms with Crippen LogP contribution in [-0.2, 0) is 13.5 Å². The first kappa shape index (κ1) is 30.2. The molecule has 0 unspecified atom stereocenters. The Kier molecular flexibility index (Phi) is 14.5. The molecule has 0 atom stereocenters. The molecule has 0 aliphatic carbocycles. The first-order chi connectivity index (χ1) is 16.9. The zero-order valence-corrected chi connectivity index (χ0v) is 23.3. The van der Waals surface area contributed by atoms with Crippen molar-refractivity contribution in [2.45, 2.75) is 73.6 Å². The van der Waals surface area contributed by atoms with Gasteiger partial charge in [-0.2, -0.15) is 4.98 Å². The summed E-state index contributed by atoms with van der Waals surface area (Å²) in [4.78, 5) is 23.3. The molecule has 1 rings (SSSR count). The van der Waals surface area contributed by atoms with Crippen LogP contribution < -0.4 is 15.4 Å². The van der Waals surface area contributed by atoms with Gasteiger partial charge in [0.05, 0.1) is 5.56 Å². The van der Waals surface area contributed by atoms with Crippen molar-refractivity contribution in [1.82, 2.24) is 9.55 Å². The van der Waals surface area contributed by atoms with Gasteiger partial charge in [0.2, 0.25) is 5.95 Å². The van der Waals surface area contributed by atoms with Crippen LogP contribution in [0.1, 0.15) is 72.8 Å². The Bertz CT molecular complexity index is 959. The highest BCUT2D eigenvalue weighted by Gasteiger charge is 2.21. The van der Waals surface area contributed by atoms with E-state index in [1.807, 2.05) is 32.2 Å². The van der Waals surface area contributed by atoms with Crippen LogP contribution in [0.25, 0.3) is 0 Å². The van der Waals surface area contributed by atoms with Crippen LogP contribution in [0.4, 0.5) is 11.8 Å².